The predicted octanol–water partition coefficient (Wildman–Crippen LogP) is 3.71. The van der Waals surface area contributed by atoms with Crippen molar-refractivity contribution in [3.8, 4) is 0 Å². The molecule has 0 saturated heterocycles. The number of unbranched alkanes of at least 4 members (excludes halogenated alkanes) is 4. The average Bonchev–Trinajstić information content (AvgIpc) is 3.27. The Bertz CT molecular complexity index is 987. The molecule has 1 aromatic carbocycles. The van der Waals surface area contributed by atoms with Gasteiger partial charge in [0.25, 0.3) is 5.91 Å². The first-order chi connectivity index (χ1) is 17.0. The van der Waals surface area contributed by atoms with Crippen molar-refractivity contribution in [1.82, 2.24) is 25.6 Å². The molecular formula is C25H36FN5O5. The summed E-state index contributed by atoms with van der Waals surface area (Å²) in [7, 11) is 0. The third-order valence-electron chi connectivity index (χ3n) is 5.24. The molecule has 0 aliphatic carbocycles. The fourth-order valence-corrected chi connectivity index (χ4v) is 3.40. The van der Waals surface area contributed by atoms with Crippen LogP contribution in [-0.4, -0.2) is 56.3 Å². The van der Waals surface area contributed by atoms with Crippen LogP contribution in [0.15, 0.2) is 30.5 Å². The average molecular weight is 506 g/mol. The number of aromatic nitrogens is 3. The summed E-state index contributed by atoms with van der Waals surface area (Å²) >= 11 is 0. The Morgan fingerprint density at radius 3 is 2.42 bits per heavy atom. The van der Waals surface area contributed by atoms with E-state index in [1.165, 1.54) is 18.3 Å². The normalized spacial score (nSPS) is 12.1. The molecule has 0 saturated carbocycles. The van der Waals surface area contributed by atoms with Crippen LogP contribution in [0.1, 0.15) is 75.3 Å². The number of rotatable bonds is 14. The number of ether oxygens (including phenoxy) is 1. The summed E-state index contributed by atoms with van der Waals surface area (Å²) in [5.74, 6) is -2.12. The molecule has 1 heterocycles. The number of hydrogen-bond acceptors (Lipinski definition) is 6. The number of nitrogens with one attached hydrogen (secondary N) is 2. The lowest BCUT2D eigenvalue weighted by Gasteiger charge is -2.19. The molecule has 1 aromatic heterocycles. The highest BCUT2D eigenvalue weighted by Gasteiger charge is 2.22. The van der Waals surface area contributed by atoms with E-state index in [0.29, 0.717) is 19.5 Å². The van der Waals surface area contributed by atoms with Crippen LogP contribution in [0.3, 0.4) is 0 Å². The van der Waals surface area contributed by atoms with E-state index in [-0.39, 0.29) is 17.9 Å². The lowest BCUT2D eigenvalue weighted by molar-refractivity contribution is -0.139. The zero-order valence-electron chi connectivity index (χ0n) is 21.1. The number of nitrogens with zero attached hydrogens (tertiary/aromatic N) is 3. The number of hydrogen-bond donors (Lipinski definition) is 3. The van der Waals surface area contributed by atoms with Crippen LogP contribution in [0.2, 0.25) is 0 Å². The molecule has 0 aliphatic rings. The van der Waals surface area contributed by atoms with Crippen LogP contribution < -0.4 is 10.6 Å². The van der Waals surface area contributed by atoms with Crippen molar-refractivity contribution < 1.29 is 28.6 Å². The molecule has 36 heavy (non-hydrogen) atoms. The highest BCUT2D eigenvalue weighted by molar-refractivity contribution is 5.94. The zero-order chi connectivity index (χ0) is 26.6. The van der Waals surface area contributed by atoms with Gasteiger partial charge in [0, 0.05) is 13.1 Å². The summed E-state index contributed by atoms with van der Waals surface area (Å²) in [6.07, 6.45) is 6.25. The van der Waals surface area contributed by atoms with Gasteiger partial charge in [-0.1, -0.05) is 36.6 Å². The molecule has 2 rings (SSSR count). The van der Waals surface area contributed by atoms with E-state index in [1.54, 1.807) is 16.8 Å². The van der Waals surface area contributed by atoms with Crippen LogP contribution in [0.5, 0.6) is 0 Å². The van der Waals surface area contributed by atoms with E-state index in [1.807, 2.05) is 20.8 Å². The molecule has 0 aliphatic heterocycles. The Morgan fingerprint density at radius 1 is 1.08 bits per heavy atom. The van der Waals surface area contributed by atoms with Gasteiger partial charge in [-0.15, -0.1) is 5.10 Å². The smallest absolute Gasteiger partial charge is 0.407 e. The van der Waals surface area contributed by atoms with Gasteiger partial charge >= 0.3 is 12.1 Å². The topological polar surface area (TPSA) is 135 Å². The van der Waals surface area contributed by atoms with E-state index in [4.69, 9.17) is 4.74 Å². The van der Waals surface area contributed by atoms with E-state index in [2.05, 4.69) is 20.9 Å². The monoisotopic (exact) mass is 505 g/mol. The second kappa shape index (κ2) is 14.2. The maximum Gasteiger partial charge on any atom is 0.407 e. The molecule has 10 nitrogen and oxygen atoms in total. The maximum atomic E-state index is 13.0. The van der Waals surface area contributed by atoms with Crippen molar-refractivity contribution in [3.63, 3.8) is 0 Å². The number of carboxylic acids is 1. The van der Waals surface area contributed by atoms with Crippen molar-refractivity contribution in [1.29, 1.82) is 0 Å². The number of benzene rings is 1. The lowest BCUT2D eigenvalue weighted by atomic mass is 10.1. The third-order valence-corrected chi connectivity index (χ3v) is 5.24. The van der Waals surface area contributed by atoms with Gasteiger partial charge in [-0.2, -0.15) is 0 Å². The molecule has 2 aromatic rings. The maximum absolute atomic E-state index is 13.0. The number of halogens is 1. The van der Waals surface area contributed by atoms with Gasteiger partial charge < -0.3 is 20.5 Å². The second-order valence-corrected chi connectivity index (χ2v) is 9.59. The summed E-state index contributed by atoms with van der Waals surface area (Å²) in [5, 5.41) is 22.5. The molecule has 0 unspecified atom stereocenters. The molecule has 11 heteroatoms. The fourth-order valence-electron chi connectivity index (χ4n) is 3.40. The van der Waals surface area contributed by atoms with Gasteiger partial charge in [0.15, 0.2) is 5.69 Å². The second-order valence-electron chi connectivity index (χ2n) is 9.59. The number of alkyl carbamates (subject to hydrolysis) is 1. The predicted molar refractivity (Wildman–Crippen MR) is 131 cm³/mol. The number of aliphatic carboxylic acids is 1. The van der Waals surface area contributed by atoms with Crippen molar-refractivity contribution in [2.75, 3.05) is 6.54 Å². The Morgan fingerprint density at radius 2 is 1.75 bits per heavy atom. The van der Waals surface area contributed by atoms with Crippen LogP contribution >= 0.6 is 0 Å². The molecule has 198 valence electrons. The van der Waals surface area contributed by atoms with Gasteiger partial charge in [-0.3, -0.25) is 9.48 Å². The molecule has 2 amide bonds. The Labute approximate surface area is 210 Å². The Kier molecular flexibility index (Phi) is 11.3. The van der Waals surface area contributed by atoms with E-state index >= 15 is 0 Å². The largest absolute Gasteiger partial charge is 0.480 e. The summed E-state index contributed by atoms with van der Waals surface area (Å²) in [6.45, 7) is 6.62. The molecule has 0 fully saturated rings. The SMILES string of the molecule is CC(C)(C)OC(=O)NCCCCCCCn1cc(C(=O)N[C@@H](CCc2ccc(F)cc2)C(=O)O)nn1. The third kappa shape index (κ3) is 11.3. The van der Waals surface area contributed by atoms with Gasteiger partial charge in [0.1, 0.15) is 17.5 Å². The summed E-state index contributed by atoms with van der Waals surface area (Å²) in [5.41, 5.74) is 0.327. The molecule has 0 bridgehead atoms. The number of aryl methyl sites for hydroxylation is 2. The molecule has 0 radical (unpaired) electrons. The van der Waals surface area contributed by atoms with Crippen LogP contribution in [0.25, 0.3) is 0 Å². The molecule has 3 N–H and O–H groups in total. The number of carboxylic acid groups (broad SMARTS) is 1. The zero-order valence-corrected chi connectivity index (χ0v) is 21.1. The van der Waals surface area contributed by atoms with Gasteiger partial charge in [-0.05, 0) is 64.2 Å². The number of amides is 2. The fraction of sp³-hybridized carbons (Fsp3) is 0.560. The van der Waals surface area contributed by atoms with Crippen LogP contribution in [-0.2, 0) is 22.5 Å². The summed E-state index contributed by atoms with van der Waals surface area (Å²) < 4.78 is 19.8. The minimum absolute atomic E-state index is 0.0521. The van der Waals surface area contributed by atoms with Gasteiger partial charge in [0.2, 0.25) is 0 Å². The first-order valence-corrected chi connectivity index (χ1v) is 12.2. The highest BCUT2D eigenvalue weighted by atomic mass is 19.1. The molecular weight excluding hydrogens is 469 g/mol. The summed E-state index contributed by atoms with van der Waals surface area (Å²) in [6, 6.07) is 4.70. The standard InChI is InChI=1S/C25H36FN5O5/c1-25(2,3)36-24(35)27-15-7-5-4-6-8-16-31-17-21(29-30-31)22(32)28-20(23(33)34)14-11-18-9-12-19(26)13-10-18/h9-10,12-13,17,20H,4-8,11,14-16H2,1-3H3,(H,27,35)(H,28,32)(H,33,34)/t20-/m0/s1. The van der Waals surface area contributed by atoms with E-state index in [0.717, 1.165) is 37.7 Å². The first-order valence-electron chi connectivity index (χ1n) is 12.2. The highest BCUT2D eigenvalue weighted by Crippen LogP contribution is 2.09. The molecule has 1 atom stereocenters. The Balaban J connectivity index is 1.65. The van der Waals surface area contributed by atoms with Crippen molar-refractivity contribution >= 4 is 18.0 Å². The number of carbonyl (C=O) groups excluding carboxylic acids is 2. The number of carbonyl (C=O) groups is 3. The van der Waals surface area contributed by atoms with Crippen molar-refractivity contribution in [2.24, 2.45) is 0 Å². The molecule has 0 spiro atoms. The van der Waals surface area contributed by atoms with Crippen molar-refractivity contribution in [3.05, 3.63) is 47.5 Å². The van der Waals surface area contributed by atoms with Crippen LogP contribution in [0, 0.1) is 5.82 Å². The van der Waals surface area contributed by atoms with Crippen molar-refractivity contribution in [2.45, 2.75) is 83.9 Å². The Hall–Kier alpha value is -3.50. The minimum Gasteiger partial charge on any atom is -0.480 e. The van der Waals surface area contributed by atoms with Gasteiger partial charge in [-0.25, -0.2) is 14.0 Å². The van der Waals surface area contributed by atoms with Crippen LogP contribution in [0.4, 0.5) is 9.18 Å². The van der Waals surface area contributed by atoms with E-state index in [9.17, 15) is 23.9 Å². The minimum atomic E-state index is -1.15. The van der Waals surface area contributed by atoms with E-state index < -0.39 is 29.6 Å². The first kappa shape index (κ1) is 28.7. The summed E-state index contributed by atoms with van der Waals surface area (Å²) in [4.78, 5) is 35.6. The quantitative estimate of drug-likeness (QED) is 0.333. The van der Waals surface area contributed by atoms with Gasteiger partial charge in [0.05, 0.1) is 6.20 Å². The lowest BCUT2D eigenvalue weighted by Crippen LogP contribution is -2.41.